The van der Waals surface area contributed by atoms with Gasteiger partial charge in [0, 0.05) is 29.9 Å². The molecule has 1 aliphatic heterocycles. The zero-order valence-corrected chi connectivity index (χ0v) is 33.1. The summed E-state index contributed by atoms with van der Waals surface area (Å²) in [6, 6.07) is 0.950. The predicted octanol–water partition coefficient (Wildman–Crippen LogP) is 3.83. The minimum atomic E-state index is -1.13. The normalized spacial score (nSPS) is 20.4. The molecule has 2 saturated carbocycles. The number of ketones is 1. The van der Waals surface area contributed by atoms with Crippen LogP contribution in [0.3, 0.4) is 0 Å². The Kier molecular flexibility index (Phi) is 13.9. The fourth-order valence-corrected chi connectivity index (χ4v) is 7.40. The van der Waals surface area contributed by atoms with E-state index in [1.54, 1.807) is 12.1 Å². The summed E-state index contributed by atoms with van der Waals surface area (Å²) in [6.07, 6.45) is 10.2. The quantitative estimate of drug-likeness (QED) is 0.195. The van der Waals surface area contributed by atoms with Gasteiger partial charge in [0.2, 0.25) is 23.5 Å². The van der Waals surface area contributed by atoms with Crippen molar-refractivity contribution < 1.29 is 33.5 Å². The average molecular weight is 780 g/mol. The second-order valence-electron chi connectivity index (χ2n) is 16.1. The number of Topliss-reactive ketones (excluding diaryl/α,β-unsaturated/α-hetero) is 1. The lowest BCUT2D eigenvalue weighted by atomic mass is 9.82. The van der Waals surface area contributed by atoms with Crippen LogP contribution in [-0.2, 0) is 24.0 Å². The average Bonchev–Trinajstić information content (AvgIpc) is 3.88. The summed E-state index contributed by atoms with van der Waals surface area (Å²) in [7, 11) is 0. The number of amides is 5. The summed E-state index contributed by atoms with van der Waals surface area (Å²) in [6.45, 7) is 9.14. The van der Waals surface area contributed by atoms with Crippen LogP contribution in [0.2, 0.25) is 5.02 Å². The minimum Gasteiger partial charge on any atom is -0.488 e. The number of benzene rings is 1. The lowest BCUT2D eigenvalue weighted by Crippen LogP contribution is -2.62. The molecule has 0 radical (unpaired) electrons. The highest BCUT2D eigenvalue weighted by Gasteiger charge is 2.47. The van der Waals surface area contributed by atoms with E-state index in [-0.39, 0.29) is 37.0 Å². The Hall–Kier alpha value is -4.59. The molecule has 0 spiro atoms. The number of hydrogen-bond donors (Lipinski definition) is 4. The molecule has 55 heavy (non-hydrogen) atoms. The summed E-state index contributed by atoms with van der Waals surface area (Å²) in [5.74, 6) is -3.39. The van der Waals surface area contributed by atoms with Gasteiger partial charge in [-0.2, -0.15) is 0 Å². The maximum atomic E-state index is 14.8. The van der Waals surface area contributed by atoms with Gasteiger partial charge in [-0.05, 0) is 68.1 Å². The number of halogens is 1. The fourth-order valence-electron chi connectivity index (χ4n) is 7.23. The van der Waals surface area contributed by atoms with Crippen LogP contribution in [0.15, 0.2) is 36.8 Å². The van der Waals surface area contributed by atoms with E-state index in [9.17, 15) is 28.8 Å². The van der Waals surface area contributed by atoms with E-state index in [0.29, 0.717) is 17.2 Å². The van der Waals surface area contributed by atoms with Gasteiger partial charge in [0.15, 0.2) is 0 Å². The van der Waals surface area contributed by atoms with Crippen LogP contribution in [0, 0.1) is 18.3 Å². The summed E-state index contributed by atoms with van der Waals surface area (Å²) in [4.78, 5) is 91.9. The first-order chi connectivity index (χ1) is 26.2. The molecule has 5 amide bonds. The monoisotopic (exact) mass is 779 g/mol. The van der Waals surface area contributed by atoms with Gasteiger partial charge in [0.1, 0.15) is 35.7 Å². The van der Waals surface area contributed by atoms with E-state index >= 15 is 0 Å². The van der Waals surface area contributed by atoms with E-state index in [1.807, 2.05) is 40.7 Å². The SMILES string of the molecule is CCC[C@H](NC(=O)[C@@H]1C[C@@H](Oc2ccc(C)c(Cl)c2)CN1C(=O)[C@@H](NC(=O)[C@@H](NC(=O)c1cnccn1)C1CCCCC1)C(C)(C)C)C(=O)C(=O)NC1CC1. The lowest BCUT2D eigenvalue weighted by Gasteiger charge is -2.37. The van der Waals surface area contributed by atoms with Crippen molar-refractivity contribution in [2.24, 2.45) is 11.3 Å². The lowest BCUT2D eigenvalue weighted by molar-refractivity contribution is -0.145. The molecule has 0 unspecified atom stereocenters. The Labute approximate surface area is 327 Å². The number of ether oxygens (including phenoxy) is 1. The maximum Gasteiger partial charge on any atom is 0.289 e. The van der Waals surface area contributed by atoms with Crippen molar-refractivity contribution in [2.45, 2.75) is 135 Å². The summed E-state index contributed by atoms with van der Waals surface area (Å²) >= 11 is 6.38. The smallest absolute Gasteiger partial charge is 0.289 e. The Morgan fingerprint density at radius 2 is 1.71 bits per heavy atom. The second-order valence-corrected chi connectivity index (χ2v) is 16.5. The molecule has 3 fully saturated rings. The van der Waals surface area contributed by atoms with E-state index in [2.05, 4.69) is 31.2 Å². The van der Waals surface area contributed by atoms with E-state index in [4.69, 9.17) is 16.3 Å². The van der Waals surface area contributed by atoms with Crippen LogP contribution in [-0.4, -0.2) is 93.0 Å². The van der Waals surface area contributed by atoms with E-state index in [1.165, 1.54) is 23.5 Å². The highest BCUT2D eigenvalue weighted by atomic mass is 35.5. The highest BCUT2D eigenvalue weighted by Crippen LogP contribution is 2.31. The van der Waals surface area contributed by atoms with Crippen molar-refractivity contribution in [2.75, 3.05) is 6.54 Å². The molecule has 1 aromatic carbocycles. The molecule has 1 saturated heterocycles. The summed E-state index contributed by atoms with van der Waals surface area (Å²) < 4.78 is 6.28. The molecule has 14 nitrogen and oxygen atoms in total. The molecule has 2 aromatic rings. The number of nitrogens with one attached hydrogen (secondary N) is 4. The van der Waals surface area contributed by atoms with Gasteiger partial charge < -0.3 is 30.9 Å². The van der Waals surface area contributed by atoms with Crippen molar-refractivity contribution >= 4 is 46.9 Å². The third kappa shape index (κ3) is 11.0. The van der Waals surface area contributed by atoms with Crippen molar-refractivity contribution in [1.82, 2.24) is 36.1 Å². The molecule has 4 N–H and O–H groups in total. The molecule has 2 aliphatic carbocycles. The molecule has 0 bridgehead atoms. The Morgan fingerprint density at radius 1 is 0.982 bits per heavy atom. The summed E-state index contributed by atoms with van der Waals surface area (Å²) in [5.41, 5.74) is 0.0801. The van der Waals surface area contributed by atoms with Gasteiger partial charge in [0.25, 0.3) is 11.8 Å². The highest BCUT2D eigenvalue weighted by molar-refractivity contribution is 6.38. The Bertz CT molecular complexity index is 1730. The molecule has 5 atom stereocenters. The first-order valence-electron chi connectivity index (χ1n) is 19.4. The molecule has 1 aromatic heterocycles. The molecule has 15 heteroatoms. The van der Waals surface area contributed by atoms with Gasteiger partial charge in [0.05, 0.1) is 18.8 Å². The molecule has 2 heterocycles. The second kappa shape index (κ2) is 18.4. The first-order valence-corrected chi connectivity index (χ1v) is 19.8. The standard InChI is InChI=1S/C40H54ClN7O7/c1-6-10-29(33(49)38(53)44-25-14-15-25)45-36(51)31-20-27(55-26-16-13-23(2)28(41)19-26)22-48(31)39(54)34(40(3,4)5)47-37(52)32(24-11-8-7-9-12-24)46-35(50)30-21-42-17-18-43-30/h13,16-19,21,24-25,27,29,31-32,34H,6-12,14-15,20,22H2,1-5H3,(H,44,53)(H,45,51)(H,46,50)(H,47,52)/t27-,29+,31+,32+,34-/m1/s1. The fraction of sp³-hybridized carbons (Fsp3) is 0.600. The van der Waals surface area contributed by atoms with Crippen molar-refractivity contribution in [1.29, 1.82) is 0 Å². The van der Waals surface area contributed by atoms with Crippen LogP contribution in [0.1, 0.15) is 108 Å². The molecule has 5 rings (SSSR count). The molecule has 298 valence electrons. The number of carbonyl (C=O) groups excluding carboxylic acids is 6. The zero-order chi connectivity index (χ0) is 39.9. The first kappa shape index (κ1) is 41.6. The van der Waals surface area contributed by atoms with Crippen LogP contribution >= 0.6 is 11.6 Å². The minimum absolute atomic E-state index is 0.00507. The van der Waals surface area contributed by atoms with Crippen LogP contribution in [0.4, 0.5) is 0 Å². The van der Waals surface area contributed by atoms with E-state index in [0.717, 1.165) is 50.5 Å². The van der Waals surface area contributed by atoms with Gasteiger partial charge in [-0.3, -0.25) is 33.8 Å². The van der Waals surface area contributed by atoms with Crippen LogP contribution < -0.4 is 26.0 Å². The van der Waals surface area contributed by atoms with Gasteiger partial charge in [-0.1, -0.05) is 71.0 Å². The van der Waals surface area contributed by atoms with Crippen LogP contribution in [0.25, 0.3) is 0 Å². The summed E-state index contributed by atoms with van der Waals surface area (Å²) in [5, 5.41) is 11.8. The Morgan fingerprint density at radius 3 is 2.33 bits per heavy atom. The number of aryl methyl sites for hydroxylation is 1. The molecular formula is C40H54ClN7O7. The van der Waals surface area contributed by atoms with E-state index < -0.39 is 71.0 Å². The van der Waals surface area contributed by atoms with Gasteiger partial charge in [-0.25, -0.2) is 4.98 Å². The Balaban J connectivity index is 1.40. The number of aromatic nitrogens is 2. The molecular weight excluding hydrogens is 726 g/mol. The van der Waals surface area contributed by atoms with Crippen LogP contribution in [0.5, 0.6) is 5.75 Å². The van der Waals surface area contributed by atoms with Crippen molar-refractivity contribution in [3.05, 3.63) is 53.1 Å². The largest absolute Gasteiger partial charge is 0.488 e. The number of hydrogen-bond acceptors (Lipinski definition) is 9. The third-order valence-electron chi connectivity index (χ3n) is 10.5. The number of carbonyl (C=O) groups is 6. The third-order valence-corrected chi connectivity index (χ3v) is 10.9. The molecule has 3 aliphatic rings. The van der Waals surface area contributed by atoms with Gasteiger partial charge in [-0.15, -0.1) is 0 Å². The maximum absolute atomic E-state index is 14.8. The van der Waals surface area contributed by atoms with Crippen molar-refractivity contribution in [3.63, 3.8) is 0 Å². The van der Waals surface area contributed by atoms with Crippen molar-refractivity contribution in [3.8, 4) is 5.75 Å². The zero-order valence-electron chi connectivity index (χ0n) is 32.4. The number of rotatable bonds is 15. The topological polar surface area (TPSA) is 189 Å². The van der Waals surface area contributed by atoms with Gasteiger partial charge >= 0.3 is 0 Å². The number of likely N-dealkylation sites (tertiary alicyclic amines) is 1. The predicted molar refractivity (Wildman–Crippen MR) is 205 cm³/mol. The number of nitrogens with zero attached hydrogens (tertiary/aromatic N) is 3.